The first-order chi connectivity index (χ1) is 9.24. The molecule has 0 radical (unpaired) electrons. The molecule has 1 aliphatic carbocycles. The smallest absolute Gasteiger partial charge is 0.117 e. The van der Waals surface area contributed by atoms with Crippen LogP contribution < -0.4 is 5.32 Å². The second-order valence-electron chi connectivity index (χ2n) is 5.58. The summed E-state index contributed by atoms with van der Waals surface area (Å²) in [6, 6.07) is 3.78. The fraction of sp³-hybridized carbons (Fsp3) is 0.733. The number of hydrogen-bond donors (Lipinski definition) is 2. The molecule has 0 saturated heterocycles. The molecule has 1 aliphatic rings. The minimum absolute atomic E-state index is 0.343. The zero-order valence-electron chi connectivity index (χ0n) is 11.7. The number of furan rings is 1. The molecule has 2 N–H and O–H groups in total. The summed E-state index contributed by atoms with van der Waals surface area (Å²) >= 11 is 0. The monoisotopic (exact) mass is 267 g/mol. The predicted molar refractivity (Wildman–Crippen MR) is 73.8 cm³/mol. The molecule has 1 atom stereocenters. The van der Waals surface area contributed by atoms with E-state index in [1.165, 1.54) is 12.8 Å². The summed E-state index contributed by atoms with van der Waals surface area (Å²) < 4.78 is 11.0. The van der Waals surface area contributed by atoms with E-state index in [0.717, 1.165) is 24.5 Å². The van der Waals surface area contributed by atoms with Crippen LogP contribution in [0.3, 0.4) is 0 Å². The van der Waals surface area contributed by atoms with E-state index >= 15 is 0 Å². The Bertz CT molecular complexity index is 331. The number of nitrogens with one attached hydrogen (secondary N) is 1. The van der Waals surface area contributed by atoms with Crippen LogP contribution in [0.2, 0.25) is 0 Å². The Hall–Kier alpha value is -0.840. The highest BCUT2D eigenvalue weighted by Crippen LogP contribution is 2.25. The second kappa shape index (κ2) is 7.68. The summed E-state index contributed by atoms with van der Waals surface area (Å²) in [5.74, 6) is 1.72. The van der Waals surface area contributed by atoms with Crippen LogP contribution in [-0.4, -0.2) is 30.5 Å². The van der Waals surface area contributed by atoms with E-state index in [1.54, 1.807) is 6.26 Å². The molecule has 4 nitrogen and oxygen atoms in total. The molecular formula is C15H25NO3. The quantitative estimate of drug-likeness (QED) is 0.796. The first kappa shape index (κ1) is 14.6. The summed E-state index contributed by atoms with van der Waals surface area (Å²) in [4.78, 5) is 0. The zero-order valence-corrected chi connectivity index (χ0v) is 11.7. The highest BCUT2D eigenvalue weighted by atomic mass is 16.5. The number of aliphatic hydroxyl groups is 1. The third-order valence-electron chi connectivity index (χ3n) is 3.75. The van der Waals surface area contributed by atoms with Gasteiger partial charge in [0.1, 0.15) is 5.76 Å². The minimum Gasteiger partial charge on any atom is -0.468 e. The molecule has 0 bridgehead atoms. The largest absolute Gasteiger partial charge is 0.468 e. The van der Waals surface area contributed by atoms with Crippen LogP contribution in [0.25, 0.3) is 0 Å². The van der Waals surface area contributed by atoms with E-state index in [1.807, 2.05) is 12.1 Å². The Labute approximate surface area is 115 Å². The molecule has 2 rings (SSSR count). The van der Waals surface area contributed by atoms with E-state index in [2.05, 4.69) is 12.2 Å². The summed E-state index contributed by atoms with van der Waals surface area (Å²) in [5, 5.41) is 13.0. The van der Waals surface area contributed by atoms with Crippen molar-refractivity contribution in [1.82, 2.24) is 5.32 Å². The van der Waals surface area contributed by atoms with Crippen molar-refractivity contribution in [3.8, 4) is 0 Å². The van der Waals surface area contributed by atoms with Gasteiger partial charge in [-0.1, -0.05) is 6.92 Å². The van der Waals surface area contributed by atoms with Crippen molar-refractivity contribution in [2.45, 2.75) is 51.4 Å². The molecule has 108 valence electrons. The maximum absolute atomic E-state index is 9.84. The van der Waals surface area contributed by atoms with Crippen LogP contribution in [-0.2, 0) is 11.3 Å². The van der Waals surface area contributed by atoms with Crippen molar-refractivity contribution in [3.63, 3.8) is 0 Å². The summed E-state index contributed by atoms with van der Waals surface area (Å²) in [5.41, 5.74) is 0. The standard InChI is InChI=1S/C15H25NO3/c1-12-4-6-14(7-5-12)19-11-13(17)9-16-10-15-3-2-8-18-15/h2-3,8,12-14,16-17H,4-7,9-11H2,1H3. The Morgan fingerprint density at radius 2 is 2.21 bits per heavy atom. The van der Waals surface area contributed by atoms with Gasteiger partial charge in [0.15, 0.2) is 0 Å². The predicted octanol–water partition coefficient (Wildman–Crippen LogP) is 2.33. The van der Waals surface area contributed by atoms with Crippen LogP contribution in [0.4, 0.5) is 0 Å². The first-order valence-electron chi connectivity index (χ1n) is 7.27. The molecule has 1 saturated carbocycles. The van der Waals surface area contributed by atoms with Crippen molar-refractivity contribution >= 4 is 0 Å². The average molecular weight is 267 g/mol. The number of ether oxygens (including phenoxy) is 1. The van der Waals surface area contributed by atoms with E-state index in [4.69, 9.17) is 9.15 Å². The average Bonchev–Trinajstić information content (AvgIpc) is 2.91. The number of rotatable bonds is 7. The molecule has 1 unspecified atom stereocenters. The zero-order chi connectivity index (χ0) is 13.5. The second-order valence-corrected chi connectivity index (χ2v) is 5.58. The number of aliphatic hydroxyl groups excluding tert-OH is 1. The van der Waals surface area contributed by atoms with Gasteiger partial charge in [0, 0.05) is 6.54 Å². The van der Waals surface area contributed by atoms with Crippen molar-refractivity contribution in [2.75, 3.05) is 13.2 Å². The number of hydrogen-bond acceptors (Lipinski definition) is 4. The van der Waals surface area contributed by atoms with Crippen LogP contribution in [0.15, 0.2) is 22.8 Å². The molecule has 1 aromatic heterocycles. The van der Waals surface area contributed by atoms with Gasteiger partial charge in [-0.05, 0) is 43.7 Å². The molecule has 4 heteroatoms. The van der Waals surface area contributed by atoms with Crippen LogP contribution in [0, 0.1) is 5.92 Å². The van der Waals surface area contributed by atoms with Gasteiger partial charge in [-0.25, -0.2) is 0 Å². The van der Waals surface area contributed by atoms with E-state index < -0.39 is 6.10 Å². The SMILES string of the molecule is CC1CCC(OCC(O)CNCc2ccco2)CC1. The van der Waals surface area contributed by atoms with Crippen molar-refractivity contribution in [2.24, 2.45) is 5.92 Å². The van der Waals surface area contributed by atoms with Crippen LogP contribution >= 0.6 is 0 Å². The molecule has 1 heterocycles. The first-order valence-corrected chi connectivity index (χ1v) is 7.27. The Balaban J connectivity index is 1.53. The summed E-state index contributed by atoms with van der Waals surface area (Å²) in [7, 11) is 0. The molecule has 1 fully saturated rings. The molecule has 0 aromatic carbocycles. The van der Waals surface area contributed by atoms with Crippen molar-refractivity contribution < 1.29 is 14.3 Å². The molecular weight excluding hydrogens is 242 g/mol. The normalized spacial score (nSPS) is 25.4. The van der Waals surface area contributed by atoms with Crippen LogP contribution in [0.5, 0.6) is 0 Å². The lowest BCUT2D eigenvalue weighted by Crippen LogP contribution is -2.32. The van der Waals surface area contributed by atoms with Gasteiger partial charge in [0.2, 0.25) is 0 Å². The van der Waals surface area contributed by atoms with E-state index in [-0.39, 0.29) is 0 Å². The minimum atomic E-state index is -0.450. The van der Waals surface area contributed by atoms with Gasteiger partial charge in [0.25, 0.3) is 0 Å². The molecule has 1 aromatic rings. The van der Waals surface area contributed by atoms with E-state index in [0.29, 0.717) is 25.8 Å². The Morgan fingerprint density at radius 3 is 2.89 bits per heavy atom. The van der Waals surface area contributed by atoms with Gasteiger partial charge >= 0.3 is 0 Å². The molecule has 19 heavy (non-hydrogen) atoms. The topological polar surface area (TPSA) is 54.6 Å². The fourth-order valence-corrected chi connectivity index (χ4v) is 2.48. The third kappa shape index (κ3) is 5.35. The Morgan fingerprint density at radius 1 is 1.42 bits per heavy atom. The van der Waals surface area contributed by atoms with Crippen LogP contribution in [0.1, 0.15) is 38.4 Å². The van der Waals surface area contributed by atoms with Gasteiger partial charge in [-0.15, -0.1) is 0 Å². The lowest BCUT2D eigenvalue weighted by Gasteiger charge is -2.27. The van der Waals surface area contributed by atoms with Crippen molar-refractivity contribution in [3.05, 3.63) is 24.2 Å². The van der Waals surface area contributed by atoms with Gasteiger partial charge in [0.05, 0.1) is 31.6 Å². The maximum atomic E-state index is 9.84. The van der Waals surface area contributed by atoms with Crippen molar-refractivity contribution in [1.29, 1.82) is 0 Å². The summed E-state index contributed by atoms with van der Waals surface area (Å²) in [6.45, 7) is 3.89. The lowest BCUT2D eigenvalue weighted by atomic mass is 9.89. The highest BCUT2D eigenvalue weighted by molar-refractivity contribution is 4.97. The third-order valence-corrected chi connectivity index (χ3v) is 3.75. The molecule has 0 amide bonds. The van der Waals surface area contributed by atoms with Gasteiger partial charge in [-0.3, -0.25) is 0 Å². The van der Waals surface area contributed by atoms with Gasteiger partial charge in [-0.2, -0.15) is 0 Å². The van der Waals surface area contributed by atoms with Gasteiger partial charge < -0.3 is 19.6 Å². The highest BCUT2D eigenvalue weighted by Gasteiger charge is 2.19. The molecule has 0 aliphatic heterocycles. The summed E-state index contributed by atoms with van der Waals surface area (Å²) in [6.07, 6.45) is 6.31. The van der Waals surface area contributed by atoms with E-state index in [9.17, 15) is 5.11 Å². The molecule has 0 spiro atoms. The Kier molecular flexibility index (Phi) is 5.89. The maximum Gasteiger partial charge on any atom is 0.117 e. The fourth-order valence-electron chi connectivity index (χ4n) is 2.48. The lowest BCUT2D eigenvalue weighted by molar-refractivity contribution is -0.0279.